The van der Waals surface area contributed by atoms with E-state index in [0.29, 0.717) is 5.75 Å². The zero-order valence-electron chi connectivity index (χ0n) is 18.3. The zero-order chi connectivity index (χ0) is 24.0. The number of nitrogens with two attached hydrogens (primary N) is 1. The summed E-state index contributed by atoms with van der Waals surface area (Å²) in [4.78, 5) is 27.7. The van der Waals surface area contributed by atoms with E-state index in [2.05, 4.69) is 0 Å². The molecule has 9 nitrogen and oxygen atoms in total. The molecule has 0 radical (unpaired) electrons. The molecule has 1 heterocycles. The van der Waals surface area contributed by atoms with Gasteiger partial charge >= 0.3 is 0 Å². The van der Waals surface area contributed by atoms with Crippen LogP contribution in [0.4, 0.5) is 5.69 Å². The lowest BCUT2D eigenvalue weighted by molar-refractivity contribution is -0.131. The average Bonchev–Trinajstić information content (AvgIpc) is 2.82. The van der Waals surface area contributed by atoms with Gasteiger partial charge in [-0.1, -0.05) is 23.7 Å². The van der Waals surface area contributed by atoms with Gasteiger partial charge in [0.25, 0.3) is 0 Å². The number of sulfonamides is 1. The van der Waals surface area contributed by atoms with Crippen LogP contribution >= 0.6 is 11.6 Å². The quantitative estimate of drug-likeness (QED) is 0.566. The predicted molar refractivity (Wildman–Crippen MR) is 126 cm³/mol. The smallest absolute Gasteiger partial charge is 0.244 e. The van der Waals surface area contributed by atoms with Gasteiger partial charge in [0.2, 0.25) is 21.8 Å². The van der Waals surface area contributed by atoms with Crippen LogP contribution in [0.5, 0.6) is 5.75 Å². The van der Waals surface area contributed by atoms with Crippen LogP contribution in [-0.4, -0.2) is 75.8 Å². The zero-order valence-corrected chi connectivity index (χ0v) is 19.9. The van der Waals surface area contributed by atoms with E-state index >= 15 is 0 Å². The first-order chi connectivity index (χ1) is 15.7. The van der Waals surface area contributed by atoms with Crippen molar-refractivity contribution in [3.63, 3.8) is 0 Å². The molecule has 0 aromatic heterocycles. The fourth-order valence-electron chi connectivity index (χ4n) is 3.57. The number of nitrogens with zero attached hydrogens (tertiary/aromatic N) is 3. The number of amides is 2. The number of rotatable bonds is 9. The summed E-state index contributed by atoms with van der Waals surface area (Å²) in [5.74, 6) is 0.0558. The van der Waals surface area contributed by atoms with Crippen LogP contribution in [0.25, 0.3) is 0 Å². The number of methoxy groups -OCH3 is 1. The molecule has 0 bridgehead atoms. The van der Waals surface area contributed by atoms with Gasteiger partial charge in [0.05, 0.1) is 18.7 Å². The van der Waals surface area contributed by atoms with Crippen molar-refractivity contribution in [3.05, 3.63) is 53.6 Å². The number of primary amides is 1. The van der Waals surface area contributed by atoms with Gasteiger partial charge in [-0.25, -0.2) is 8.42 Å². The molecule has 33 heavy (non-hydrogen) atoms. The van der Waals surface area contributed by atoms with Gasteiger partial charge in [-0.3, -0.25) is 9.59 Å². The standard InChI is InChI=1S/C22H27ClN4O5S/c1-32-18-8-6-17(7-9-18)26(11-10-21(24)28)16-22(29)25-12-14-27(15-13-25)33(30,31)20-5-3-2-4-19(20)23/h2-9H,10-16H2,1H3,(H2,24,28). The molecule has 178 valence electrons. The van der Waals surface area contributed by atoms with Gasteiger partial charge in [0.1, 0.15) is 10.6 Å². The summed E-state index contributed by atoms with van der Waals surface area (Å²) in [6, 6.07) is 13.5. The molecule has 1 saturated heterocycles. The van der Waals surface area contributed by atoms with Crippen LogP contribution in [0.15, 0.2) is 53.4 Å². The first-order valence-electron chi connectivity index (χ1n) is 10.4. The van der Waals surface area contributed by atoms with Crippen molar-refractivity contribution in [2.75, 3.05) is 51.3 Å². The van der Waals surface area contributed by atoms with E-state index in [1.807, 2.05) is 0 Å². The minimum atomic E-state index is -3.74. The number of piperazine rings is 1. The van der Waals surface area contributed by atoms with Crippen molar-refractivity contribution in [3.8, 4) is 5.75 Å². The lowest BCUT2D eigenvalue weighted by Crippen LogP contribution is -2.52. The van der Waals surface area contributed by atoms with E-state index in [0.717, 1.165) is 5.69 Å². The van der Waals surface area contributed by atoms with E-state index in [9.17, 15) is 18.0 Å². The third kappa shape index (κ3) is 6.16. The highest BCUT2D eigenvalue weighted by Crippen LogP contribution is 2.25. The Morgan fingerprint density at radius 1 is 1.06 bits per heavy atom. The highest BCUT2D eigenvalue weighted by molar-refractivity contribution is 7.89. The molecule has 0 aliphatic carbocycles. The SMILES string of the molecule is COc1ccc(N(CCC(N)=O)CC(=O)N2CCN(S(=O)(=O)c3ccccc3Cl)CC2)cc1. The Bertz CT molecular complexity index is 1090. The molecule has 2 amide bonds. The first kappa shape index (κ1) is 24.8. The molecule has 0 atom stereocenters. The van der Waals surface area contributed by atoms with E-state index in [-0.39, 0.29) is 61.5 Å². The van der Waals surface area contributed by atoms with Crippen LogP contribution in [-0.2, 0) is 19.6 Å². The molecule has 3 rings (SSSR count). The van der Waals surface area contributed by atoms with Crippen molar-refractivity contribution < 1.29 is 22.7 Å². The van der Waals surface area contributed by atoms with Gasteiger partial charge < -0.3 is 20.3 Å². The van der Waals surface area contributed by atoms with Crippen LogP contribution in [0, 0.1) is 0 Å². The Morgan fingerprint density at radius 3 is 2.27 bits per heavy atom. The van der Waals surface area contributed by atoms with Crippen molar-refractivity contribution >= 4 is 39.1 Å². The molecular formula is C22H27ClN4O5S. The number of halogens is 1. The molecule has 2 aromatic carbocycles. The molecular weight excluding hydrogens is 468 g/mol. The third-order valence-electron chi connectivity index (χ3n) is 5.44. The van der Waals surface area contributed by atoms with E-state index < -0.39 is 15.9 Å². The summed E-state index contributed by atoms with van der Waals surface area (Å²) in [7, 11) is -2.18. The Balaban J connectivity index is 1.65. The van der Waals surface area contributed by atoms with Gasteiger partial charge in [0, 0.05) is 44.8 Å². The second-order valence-electron chi connectivity index (χ2n) is 7.55. The van der Waals surface area contributed by atoms with Crippen molar-refractivity contribution in [1.29, 1.82) is 0 Å². The molecule has 2 aromatic rings. The number of ether oxygens (including phenoxy) is 1. The Kier molecular flexibility index (Phi) is 8.17. The number of carbonyl (C=O) groups is 2. The molecule has 1 aliphatic rings. The van der Waals surface area contributed by atoms with Crippen molar-refractivity contribution in [1.82, 2.24) is 9.21 Å². The lowest BCUT2D eigenvalue weighted by Gasteiger charge is -2.35. The molecule has 1 fully saturated rings. The first-order valence-corrected chi connectivity index (χ1v) is 12.2. The average molecular weight is 495 g/mol. The summed E-state index contributed by atoms with van der Waals surface area (Å²) < 4.78 is 32.4. The molecule has 1 aliphatic heterocycles. The van der Waals surface area contributed by atoms with E-state index in [1.165, 1.54) is 16.4 Å². The van der Waals surface area contributed by atoms with Crippen molar-refractivity contribution in [2.45, 2.75) is 11.3 Å². The maximum atomic E-state index is 13.0. The number of hydrogen-bond donors (Lipinski definition) is 1. The predicted octanol–water partition coefficient (Wildman–Crippen LogP) is 1.56. The number of benzene rings is 2. The fraction of sp³-hybridized carbons (Fsp3) is 0.364. The van der Waals surface area contributed by atoms with Crippen LogP contribution in [0.3, 0.4) is 0 Å². The Labute approximate surface area is 198 Å². The largest absolute Gasteiger partial charge is 0.497 e. The second-order valence-corrected chi connectivity index (χ2v) is 9.86. The molecule has 0 unspecified atom stereocenters. The van der Waals surface area contributed by atoms with E-state index in [1.54, 1.807) is 53.3 Å². The molecule has 11 heteroatoms. The summed E-state index contributed by atoms with van der Waals surface area (Å²) >= 11 is 6.08. The maximum Gasteiger partial charge on any atom is 0.244 e. The number of hydrogen-bond acceptors (Lipinski definition) is 6. The molecule has 0 saturated carbocycles. The number of carbonyl (C=O) groups excluding carboxylic acids is 2. The second kappa shape index (κ2) is 10.9. The Morgan fingerprint density at radius 2 is 1.70 bits per heavy atom. The summed E-state index contributed by atoms with van der Waals surface area (Å²) in [5.41, 5.74) is 6.05. The normalized spacial score (nSPS) is 14.7. The lowest BCUT2D eigenvalue weighted by atomic mass is 10.2. The summed E-state index contributed by atoms with van der Waals surface area (Å²) in [5, 5.41) is 0.167. The van der Waals surface area contributed by atoms with Gasteiger partial charge in [-0.15, -0.1) is 0 Å². The number of anilines is 1. The highest BCUT2D eigenvalue weighted by atomic mass is 35.5. The summed E-state index contributed by atoms with van der Waals surface area (Å²) in [6.07, 6.45) is 0.100. The van der Waals surface area contributed by atoms with Crippen LogP contribution in [0.1, 0.15) is 6.42 Å². The monoisotopic (exact) mass is 494 g/mol. The van der Waals surface area contributed by atoms with Gasteiger partial charge in [-0.2, -0.15) is 4.31 Å². The molecule has 0 spiro atoms. The highest BCUT2D eigenvalue weighted by Gasteiger charge is 2.31. The minimum Gasteiger partial charge on any atom is -0.497 e. The third-order valence-corrected chi connectivity index (χ3v) is 7.84. The van der Waals surface area contributed by atoms with Crippen LogP contribution < -0.4 is 15.4 Å². The summed E-state index contributed by atoms with van der Waals surface area (Å²) in [6.45, 7) is 1.18. The van der Waals surface area contributed by atoms with Gasteiger partial charge in [-0.05, 0) is 36.4 Å². The minimum absolute atomic E-state index is 0.0386. The Hall–Kier alpha value is -2.82. The van der Waals surface area contributed by atoms with Crippen molar-refractivity contribution in [2.24, 2.45) is 5.73 Å². The van der Waals surface area contributed by atoms with Gasteiger partial charge in [0.15, 0.2) is 0 Å². The molecule has 2 N–H and O–H groups in total. The topological polar surface area (TPSA) is 113 Å². The van der Waals surface area contributed by atoms with Crippen LogP contribution in [0.2, 0.25) is 5.02 Å². The maximum absolute atomic E-state index is 13.0. The fourth-order valence-corrected chi connectivity index (χ4v) is 5.49. The van der Waals surface area contributed by atoms with E-state index in [4.69, 9.17) is 22.1 Å².